The number of amides is 2. The largest absolute Gasteiger partial charge is 0.469 e. The minimum absolute atomic E-state index is 0.0811. The number of carbonyl (C=O) groups excluding carboxylic acids is 3. The van der Waals surface area contributed by atoms with Gasteiger partial charge in [0, 0.05) is 19.5 Å². The second kappa shape index (κ2) is 9.32. The molecule has 2 aromatic carbocycles. The van der Waals surface area contributed by atoms with Crippen molar-refractivity contribution in [2.75, 3.05) is 13.7 Å². The van der Waals surface area contributed by atoms with Crippen LogP contribution in [0.5, 0.6) is 0 Å². The number of nitrogens with one attached hydrogen (secondary N) is 1. The number of carbonyl (C=O) groups is 3. The molecule has 1 fully saturated rings. The first-order chi connectivity index (χ1) is 14.0. The fourth-order valence-corrected chi connectivity index (χ4v) is 3.39. The van der Waals surface area contributed by atoms with Gasteiger partial charge in [-0.05, 0) is 23.3 Å². The van der Waals surface area contributed by atoms with Crippen LogP contribution in [0.1, 0.15) is 30.0 Å². The van der Waals surface area contributed by atoms with Crippen molar-refractivity contribution in [3.05, 3.63) is 71.5 Å². The lowest BCUT2D eigenvalue weighted by Crippen LogP contribution is -2.36. The molecular weight excluding hydrogens is 375 g/mol. The van der Waals surface area contributed by atoms with Gasteiger partial charge in [0.25, 0.3) is 0 Å². The number of nitrogens with zero attached hydrogens (tertiary/aromatic N) is 1. The lowest BCUT2D eigenvalue weighted by atomic mass is 10.0. The smallest absolute Gasteiger partial charge is 0.307 e. The van der Waals surface area contributed by atoms with Crippen molar-refractivity contribution in [1.29, 1.82) is 0 Å². The monoisotopic (exact) mass is 398 g/mol. The molecule has 0 aliphatic carbocycles. The van der Waals surface area contributed by atoms with Crippen molar-refractivity contribution in [2.45, 2.75) is 25.4 Å². The molecule has 7 heteroatoms. The fourth-order valence-electron chi connectivity index (χ4n) is 3.39. The third-order valence-corrected chi connectivity index (χ3v) is 4.99. The Morgan fingerprint density at radius 3 is 2.52 bits per heavy atom. The number of rotatable bonds is 7. The second-order valence-electron chi connectivity index (χ2n) is 7.05. The van der Waals surface area contributed by atoms with Crippen LogP contribution in [-0.2, 0) is 25.7 Å². The summed E-state index contributed by atoms with van der Waals surface area (Å²) in [5.41, 5.74) is 1.59. The van der Waals surface area contributed by atoms with Crippen molar-refractivity contribution < 1.29 is 23.5 Å². The first-order valence-electron chi connectivity index (χ1n) is 9.40. The average molecular weight is 398 g/mol. The van der Waals surface area contributed by atoms with Gasteiger partial charge in [-0.25, -0.2) is 4.39 Å². The number of methoxy groups -OCH3 is 1. The zero-order chi connectivity index (χ0) is 20.8. The van der Waals surface area contributed by atoms with Gasteiger partial charge in [0.15, 0.2) is 0 Å². The Morgan fingerprint density at radius 1 is 1.17 bits per heavy atom. The molecule has 2 unspecified atom stereocenters. The molecule has 0 bridgehead atoms. The van der Waals surface area contributed by atoms with E-state index in [-0.39, 0.29) is 24.7 Å². The maximum atomic E-state index is 13.2. The van der Waals surface area contributed by atoms with Crippen molar-refractivity contribution in [3.8, 4) is 0 Å². The normalized spacial score (nSPS) is 17.1. The van der Waals surface area contributed by atoms with Gasteiger partial charge >= 0.3 is 5.97 Å². The highest BCUT2D eigenvalue weighted by atomic mass is 19.1. The Morgan fingerprint density at radius 2 is 1.86 bits per heavy atom. The third-order valence-electron chi connectivity index (χ3n) is 4.99. The van der Waals surface area contributed by atoms with Gasteiger partial charge in [-0.3, -0.25) is 14.4 Å². The zero-order valence-electron chi connectivity index (χ0n) is 16.1. The summed E-state index contributed by atoms with van der Waals surface area (Å²) in [7, 11) is 1.27. The molecule has 1 heterocycles. The fraction of sp³-hybridized carbons (Fsp3) is 0.318. The van der Waals surface area contributed by atoms with Crippen LogP contribution in [0.2, 0.25) is 0 Å². The predicted octanol–water partition coefficient (Wildman–Crippen LogP) is 2.59. The molecule has 0 saturated carbocycles. The number of hydrogen-bond acceptors (Lipinski definition) is 4. The maximum absolute atomic E-state index is 13.2. The third kappa shape index (κ3) is 5.40. The van der Waals surface area contributed by atoms with Crippen LogP contribution < -0.4 is 5.32 Å². The SMILES string of the molecule is COC(=O)CC(NC(=O)C1CC(=O)N(Cc2ccccc2)C1)c1ccc(F)cc1. The van der Waals surface area contributed by atoms with Gasteiger partial charge < -0.3 is 15.0 Å². The number of likely N-dealkylation sites (tertiary alicyclic amines) is 1. The number of ether oxygens (including phenoxy) is 1. The minimum Gasteiger partial charge on any atom is -0.469 e. The topological polar surface area (TPSA) is 75.7 Å². The number of benzene rings is 2. The first-order valence-corrected chi connectivity index (χ1v) is 9.40. The predicted molar refractivity (Wildman–Crippen MR) is 104 cm³/mol. The molecule has 2 aromatic rings. The molecule has 0 radical (unpaired) electrons. The van der Waals surface area contributed by atoms with Crippen molar-refractivity contribution in [2.24, 2.45) is 5.92 Å². The highest BCUT2D eigenvalue weighted by molar-refractivity contribution is 5.89. The highest BCUT2D eigenvalue weighted by Gasteiger charge is 2.35. The molecule has 1 N–H and O–H groups in total. The zero-order valence-corrected chi connectivity index (χ0v) is 16.1. The molecule has 0 spiro atoms. The molecule has 6 nitrogen and oxygen atoms in total. The molecule has 0 aromatic heterocycles. The van der Waals surface area contributed by atoms with Gasteiger partial charge in [-0.2, -0.15) is 0 Å². The van der Waals surface area contributed by atoms with E-state index in [1.807, 2.05) is 30.3 Å². The molecule has 29 heavy (non-hydrogen) atoms. The summed E-state index contributed by atoms with van der Waals surface area (Å²) < 4.78 is 17.9. The van der Waals surface area contributed by atoms with Crippen molar-refractivity contribution in [1.82, 2.24) is 10.2 Å². The molecule has 1 saturated heterocycles. The highest BCUT2D eigenvalue weighted by Crippen LogP contribution is 2.23. The van der Waals surface area contributed by atoms with Crippen LogP contribution in [0.25, 0.3) is 0 Å². The van der Waals surface area contributed by atoms with Gasteiger partial charge in [0.2, 0.25) is 11.8 Å². The summed E-state index contributed by atoms with van der Waals surface area (Å²) in [6, 6.07) is 14.5. The Kier molecular flexibility index (Phi) is 6.59. The number of hydrogen-bond donors (Lipinski definition) is 1. The molecule has 2 amide bonds. The summed E-state index contributed by atoms with van der Waals surface area (Å²) in [6.07, 6.45) is 0.0370. The van der Waals surface area contributed by atoms with E-state index in [4.69, 9.17) is 4.74 Å². The maximum Gasteiger partial charge on any atom is 0.307 e. The van der Waals surface area contributed by atoms with Crippen LogP contribution >= 0.6 is 0 Å². The summed E-state index contributed by atoms with van der Waals surface area (Å²) in [6.45, 7) is 0.765. The summed E-state index contributed by atoms with van der Waals surface area (Å²) in [5, 5.41) is 2.82. The van der Waals surface area contributed by atoms with E-state index in [0.717, 1.165) is 5.56 Å². The van der Waals surface area contributed by atoms with Crippen LogP contribution in [0.3, 0.4) is 0 Å². The second-order valence-corrected chi connectivity index (χ2v) is 7.05. The van der Waals surface area contributed by atoms with E-state index in [1.54, 1.807) is 4.90 Å². The van der Waals surface area contributed by atoms with Gasteiger partial charge in [-0.15, -0.1) is 0 Å². The Labute approximate surface area is 168 Å². The summed E-state index contributed by atoms with van der Waals surface area (Å²) in [5.74, 6) is -1.80. The van der Waals surface area contributed by atoms with Gasteiger partial charge in [-0.1, -0.05) is 42.5 Å². The first kappa shape index (κ1) is 20.5. The Hall–Kier alpha value is -3.22. The van der Waals surface area contributed by atoms with E-state index in [1.165, 1.54) is 31.4 Å². The Bertz CT molecular complexity index is 870. The van der Waals surface area contributed by atoms with E-state index in [2.05, 4.69) is 5.32 Å². The number of halogens is 1. The van der Waals surface area contributed by atoms with E-state index >= 15 is 0 Å². The average Bonchev–Trinajstić information content (AvgIpc) is 3.09. The number of esters is 1. The van der Waals surface area contributed by atoms with E-state index in [9.17, 15) is 18.8 Å². The van der Waals surface area contributed by atoms with Crippen LogP contribution in [0.15, 0.2) is 54.6 Å². The van der Waals surface area contributed by atoms with Crippen LogP contribution in [0, 0.1) is 11.7 Å². The standard InChI is InChI=1S/C22H23FN2O4/c1-29-21(27)12-19(16-7-9-18(23)10-8-16)24-22(28)17-11-20(26)25(14-17)13-15-5-3-2-4-6-15/h2-10,17,19H,11-14H2,1H3,(H,24,28). The molecular formula is C22H23FN2O4. The minimum atomic E-state index is -0.658. The molecule has 2 atom stereocenters. The Balaban J connectivity index is 1.66. The van der Waals surface area contributed by atoms with Crippen molar-refractivity contribution in [3.63, 3.8) is 0 Å². The lowest BCUT2D eigenvalue weighted by Gasteiger charge is -2.21. The molecule has 3 rings (SSSR count). The molecule has 152 valence electrons. The summed E-state index contributed by atoms with van der Waals surface area (Å²) in [4.78, 5) is 38.6. The van der Waals surface area contributed by atoms with Gasteiger partial charge in [0.1, 0.15) is 5.82 Å². The van der Waals surface area contributed by atoms with Crippen molar-refractivity contribution >= 4 is 17.8 Å². The van der Waals surface area contributed by atoms with Crippen LogP contribution in [0.4, 0.5) is 4.39 Å². The van der Waals surface area contributed by atoms with Crippen LogP contribution in [-0.4, -0.2) is 36.3 Å². The van der Waals surface area contributed by atoms with E-state index in [0.29, 0.717) is 18.7 Å². The molecule has 1 aliphatic rings. The lowest BCUT2D eigenvalue weighted by molar-refractivity contribution is -0.141. The van der Waals surface area contributed by atoms with E-state index < -0.39 is 23.7 Å². The van der Waals surface area contributed by atoms with Gasteiger partial charge in [0.05, 0.1) is 25.5 Å². The quantitative estimate of drug-likeness (QED) is 0.728. The molecule has 1 aliphatic heterocycles. The summed E-state index contributed by atoms with van der Waals surface area (Å²) >= 11 is 0.